The van der Waals surface area contributed by atoms with Crippen LogP contribution in [-0.4, -0.2) is 5.33 Å². The molecule has 0 aromatic heterocycles. The van der Waals surface area contributed by atoms with Crippen molar-refractivity contribution in [3.05, 3.63) is 69.2 Å². The minimum Gasteiger partial charge on any atom is -0.0925 e. The zero-order valence-corrected chi connectivity index (χ0v) is 14.0. The third-order valence-electron chi connectivity index (χ3n) is 4.07. The Hall–Kier alpha value is -0.500. The summed E-state index contributed by atoms with van der Waals surface area (Å²) in [6, 6.07) is 14.8. The van der Waals surface area contributed by atoms with E-state index in [2.05, 4.69) is 46.3 Å². The SMILES string of the molecule is Clc1ccc(C2CC(CBr)Cc3ccccc32)cc1Cl. The highest BCUT2D eigenvalue weighted by Gasteiger charge is 2.27. The number of benzene rings is 2. The second-order valence-electron chi connectivity index (χ2n) is 5.39. The Balaban J connectivity index is 2.05. The number of halogens is 3. The van der Waals surface area contributed by atoms with Gasteiger partial charge in [-0.3, -0.25) is 0 Å². The molecule has 2 aromatic carbocycles. The van der Waals surface area contributed by atoms with E-state index < -0.39 is 0 Å². The first-order valence-corrected chi connectivity index (χ1v) is 8.65. The van der Waals surface area contributed by atoms with E-state index in [1.165, 1.54) is 16.7 Å². The molecule has 20 heavy (non-hydrogen) atoms. The summed E-state index contributed by atoms with van der Waals surface area (Å²) in [6.07, 6.45) is 2.31. The van der Waals surface area contributed by atoms with Crippen molar-refractivity contribution >= 4 is 39.1 Å². The second-order valence-corrected chi connectivity index (χ2v) is 6.85. The lowest BCUT2D eigenvalue weighted by Crippen LogP contribution is -2.20. The molecule has 0 fully saturated rings. The van der Waals surface area contributed by atoms with Gasteiger partial charge in [0.05, 0.1) is 10.0 Å². The molecule has 0 nitrogen and oxygen atoms in total. The predicted octanol–water partition coefficient (Wildman–Crippen LogP) is 6.08. The van der Waals surface area contributed by atoms with Crippen molar-refractivity contribution in [1.82, 2.24) is 0 Å². The quantitative estimate of drug-likeness (QED) is 0.562. The molecule has 0 aliphatic heterocycles. The first-order chi connectivity index (χ1) is 9.69. The topological polar surface area (TPSA) is 0 Å². The van der Waals surface area contributed by atoms with Gasteiger partial charge in [-0.05, 0) is 47.6 Å². The highest BCUT2D eigenvalue weighted by molar-refractivity contribution is 9.09. The van der Waals surface area contributed by atoms with E-state index in [1.807, 2.05) is 12.1 Å². The van der Waals surface area contributed by atoms with Crippen LogP contribution in [0.1, 0.15) is 29.0 Å². The average molecular weight is 370 g/mol. The number of hydrogen-bond acceptors (Lipinski definition) is 0. The fraction of sp³-hybridized carbons (Fsp3) is 0.294. The average Bonchev–Trinajstić information content (AvgIpc) is 2.49. The first kappa shape index (κ1) is 14.4. The summed E-state index contributed by atoms with van der Waals surface area (Å²) in [5.74, 6) is 1.08. The van der Waals surface area contributed by atoms with Gasteiger partial charge in [0.15, 0.2) is 0 Å². The molecule has 0 radical (unpaired) electrons. The van der Waals surface area contributed by atoms with Crippen molar-refractivity contribution in [3.63, 3.8) is 0 Å². The molecule has 2 unspecified atom stereocenters. The Morgan fingerprint density at radius 2 is 1.85 bits per heavy atom. The maximum absolute atomic E-state index is 6.19. The predicted molar refractivity (Wildman–Crippen MR) is 90.4 cm³/mol. The van der Waals surface area contributed by atoms with Crippen LogP contribution in [0.15, 0.2) is 42.5 Å². The molecule has 0 saturated heterocycles. The smallest absolute Gasteiger partial charge is 0.0595 e. The molecule has 3 rings (SSSR count). The van der Waals surface area contributed by atoms with Crippen LogP contribution in [0.25, 0.3) is 0 Å². The van der Waals surface area contributed by atoms with Gasteiger partial charge in [0.1, 0.15) is 0 Å². The summed E-state index contributed by atoms with van der Waals surface area (Å²) in [5, 5.41) is 2.30. The minimum atomic E-state index is 0.414. The van der Waals surface area contributed by atoms with E-state index >= 15 is 0 Å². The van der Waals surface area contributed by atoms with Crippen molar-refractivity contribution in [2.75, 3.05) is 5.33 Å². The van der Waals surface area contributed by atoms with Crippen molar-refractivity contribution in [3.8, 4) is 0 Å². The first-order valence-electron chi connectivity index (χ1n) is 6.77. The molecule has 3 heteroatoms. The van der Waals surface area contributed by atoms with Crippen LogP contribution in [0.2, 0.25) is 10.0 Å². The van der Waals surface area contributed by atoms with Gasteiger partial charge in [-0.25, -0.2) is 0 Å². The van der Waals surface area contributed by atoms with Crippen LogP contribution in [0, 0.1) is 5.92 Å². The Labute approximate surface area is 138 Å². The van der Waals surface area contributed by atoms with E-state index in [0.29, 0.717) is 21.9 Å². The van der Waals surface area contributed by atoms with Crippen LogP contribution in [-0.2, 0) is 6.42 Å². The van der Waals surface area contributed by atoms with E-state index in [9.17, 15) is 0 Å². The lowest BCUT2D eigenvalue weighted by atomic mass is 9.74. The van der Waals surface area contributed by atoms with Gasteiger partial charge in [-0.15, -0.1) is 0 Å². The molecular weight excluding hydrogens is 355 g/mol. The summed E-state index contributed by atoms with van der Waals surface area (Å²) in [4.78, 5) is 0. The van der Waals surface area contributed by atoms with E-state index in [-0.39, 0.29) is 0 Å². The Morgan fingerprint density at radius 1 is 1.05 bits per heavy atom. The van der Waals surface area contributed by atoms with Crippen molar-refractivity contribution in [1.29, 1.82) is 0 Å². The van der Waals surface area contributed by atoms with Crippen LogP contribution >= 0.6 is 39.1 Å². The van der Waals surface area contributed by atoms with Crippen LogP contribution in [0.4, 0.5) is 0 Å². The molecule has 0 saturated carbocycles. The Kier molecular flexibility index (Phi) is 4.40. The van der Waals surface area contributed by atoms with Crippen LogP contribution in [0.3, 0.4) is 0 Å². The zero-order valence-electron chi connectivity index (χ0n) is 11.0. The van der Waals surface area contributed by atoms with Crippen LogP contribution < -0.4 is 0 Å². The Morgan fingerprint density at radius 3 is 2.60 bits per heavy atom. The van der Waals surface area contributed by atoms with E-state index in [0.717, 1.165) is 18.2 Å². The van der Waals surface area contributed by atoms with Crippen LogP contribution in [0.5, 0.6) is 0 Å². The third-order valence-corrected chi connectivity index (χ3v) is 5.73. The minimum absolute atomic E-state index is 0.414. The van der Waals surface area contributed by atoms with Gasteiger partial charge in [0.2, 0.25) is 0 Å². The maximum Gasteiger partial charge on any atom is 0.0595 e. The molecular formula is C17H15BrCl2. The van der Waals surface area contributed by atoms with Crippen molar-refractivity contribution in [2.45, 2.75) is 18.8 Å². The summed E-state index contributed by atoms with van der Waals surface area (Å²) in [6.45, 7) is 0. The molecule has 0 heterocycles. The van der Waals surface area contributed by atoms with Crippen molar-refractivity contribution < 1.29 is 0 Å². The third kappa shape index (κ3) is 2.77. The molecule has 2 aromatic rings. The van der Waals surface area contributed by atoms with Gasteiger partial charge >= 0.3 is 0 Å². The molecule has 1 aliphatic carbocycles. The summed E-state index contributed by atoms with van der Waals surface area (Å²) < 4.78 is 0. The van der Waals surface area contributed by atoms with Gasteiger partial charge in [0, 0.05) is 11.2 Å². The highest BCUT2D eigenvalue weighted by Crippen LogP contribution is 2.41. The second kappa shape index (κ2) is 6.09. The number of rotatable bonds is 2. The normalized spacial score (nSPS) is 21.6. The molecule has 0 spiro atoms. The summed E-state index contributed by atoms with van der Waals surface area (Å²) >= 11 is 15.9. The number of fused-ring (bicyclic) bond motifs is 1. The van der Waals surface area contributed by atoms with Gasteiger partial charge in [-0.2, -0.15) is 0 Å². The fourth-order valence-electron chi connectivity index (χ4n) is 3.08. The summed E-state index contributed by atoms with van der Waals surface area (Å²) in [7, 11) is 0. The highest BCUT2D eigenvalue weighted by atomic mass is 79.9. The molecule has 1 aliphatic rings. The standard InChI is InChI=1S/C17H15BrCl2/c18-10-11-7-12-3-1-2-4-14(12)15(8-11)13-5-6-16(19)17(20)9-13/h1-6,9,11,15H,7-8,10H2. The summed E-state index contributed by atoms with van der Waals surface area (Å²) in [5.41, 5.74) is 4.15. The maximum atomic E-state index is 6.19. The number of alkyl halides is 1. The molecule has 0 bridgehead atoms. The molecule has 2 atom stereocenters. The molecule has 104 valence electrons. The fourth-order valence-corrected chi connectivity index (χ4v) is 3.88. The van der Waals surface area contributed by atoms with E-state index in [4.69, 9.17) is 23.2 Å². The Bertz CT molecular complexity index is 624. The van der Waals surface area contributed by atoms with Gasteiger partial charge < -0.3 is 0 Å². The molecule has 0 amide bonds. The van der Waals surface area contributed by atoms with Gasteiger partial charge in [0.25, 0.3) is 0 Å². The largest absolute Gasteiger partial charge is 0.0925 e. The number of hydrogen-bond donors (Lipinski definition) is 0. The van der Waals surface area contributed by atoms with Crippen molar-refractivity contribution in [2.24, 2.45) is 5.92 Å². The molecule has 0 N–H and O–H groups in total. The zero-order chi connectivity index (χ0) is 14.1. The monoisotopic (exact) mass is 368 g/mol. The lowest BCUT2D eigenvalue weighted by molar-refractivity contribution is 0.474. The van der Waals surface area contributed by atoms with Gasteiger partial charge in [-0.1, -0.05) is 69.5 Å². The lowest BCUT2D eigenvalue weighted by Gasteiger charge is -2.31. The van der Waals surface area contributed by atoms with E-state index in [1.54, 1.807) is 0 Å².